The van der Waals surface area contributed by atoms with Gasteiger partial charge in [-0.05, 0) is 17.7 Å². The van der Waals surface area contributed by atoms with Crippen LogP contribution in [0.2, 0.25) is 0 Å². The van der Waals surface area contributed by atoms with Crippen LogP contribution in [0, 0.1) is 6.92 Å². The van der Waals surface area contributed by atoms with Crippen molar-refractivity contribution in [1.29, 1.82) is 0 Å². The van der Waals surface area contributed by atoms with Crippen molar-refractivity contribution >= 4 is 61.4 Å². The summed E-state index contributed by atoms with van der Waals surface area (Å²) >= 11 is 0. The van der Waals surface area contributed by atoms with Crippen molar-refractivity contribution < 1.29 is 132 Å². The molecule has 0 fully saturated rings. The van der Waals surface area contributed by atoms with E-state index in [4.69, 9.17) is 22.8 Å². The summed E-state index contributed by atoms with van der Waals surface area (Å²) in [5, 5.41) is -13.1. The van der Waals surface area contributed by atoms with E-state index in [0.717, 1.165) is 0 Å². The maximum absolute atomic E-state index is 12.2. The Hall–Kier alpha value is -3.58. The van der Waals surface area contributed by atoms with Gasteiger partial charge in [0.2, 0.25) is 0 Å². The Kier molecular flexibility index (Phi) is 36.2. The lowest BCUT2D eigenvalue weighted by molar-refractivity contribution is -0.273. The predicted octanol–water partition coefficient (Wildman–Crippen LogP) is 8.69. The minimum absolute atomic E-state index is 0. The minimum Gasteiger partial charge on any atom is -0.286 e. The first-order chi connectivity index (χ1) is 26.9. The van der Waals surface area contributed by atoms with Gasteiger partial charge in [-0.2, -0.15) is 94.8 Å². The lowest BCUT2D eigenvalue weighted by atomic mass is 10.1. The Morgan fingerprint density at radius 1 is 0.400 bits per heavy atom. The summed E-state index contributed by atoms with van der Waals surface area (Å²) in [6, 6.07) is 27.0. The molecule has 0 heterocycles. The summed E-state index contributed by atoms with van der Waals surface area (Å²) < 4.78 is 275. The Bertz CT molecular complexity index is 2210. The average molecular weight is 1090 g/mol. The normalized spacial score (nSPS) is 12.0. The van der Waals surface area contributed by atoms with E-state index in [9.17, 15) is 94.8 Å². The Morgan fingerprint density at radius 2 is 0.600 bits per heavy atom. The zero-order valence-electron chi connectivity index (χ0n) is 34.1. The van der Waals surface area contributed by atoms with Crippen molar-refractivity contribution in [3.63, 3.8) is 0 Å². The molecule has 3 aromatic rings. The highest BCUT2D eigenvalue weighted by atomic mass is 32.2. The number of aryl methyl sites for hydroxylation is 1. The smallest absolute Gasteiger partial charge is 0.286 e. The standard InChI is InChI=1S/C10H8.C7H8.C4H4F6O3S.C3H4F4O3S.C2H4F2O3S.C2H6.2CH4O3S.3FH/c1-2-6-10-8-4-3-7-9(10)5-1;1-7-5-3-2-4-6-7;1-2(5,6)3(7,8)4(9,10)14(11,12)13;1-2(4,5)3(6,7)11(8,9)10;1-2(3,4)8(5,6)7;1-2;2*1-5(2,3)4;;;/h1-8H;2-6H,1H3;1H3,(H,11,12,13);1H3,(H,8,9,10);1H3,(H,5,6,7);1-2H3;2*1H3,(H,2,3,4);3*1H. The highest BCUT2D eigenvalue weighted by Crippen LogP contribution is 2.47. The van der Waals surface area contributed by atoms with Crippen LogP contribution in [0.4, 0.5) is 66.8 Å². The number of halogens is 15. The molecule has 0 saturated heterocycles. The third kappa shape index (κ3) is 35.3. The fraction of sp³-hybridized carbons (Fsp3) is 0.467. The first-order valence-corrected chi connectivity index (χ1v) is 23.4. The second kappa shape index (κ2) is 29.9. The summed E-state index contributed by atoms with van der Waals surface area (Å²) in [6.07, 6.45) is 1.43. The van der Waals surface area contributed by atoms with Gasteiger partial charge in [0.15, 0.2) is 0 Å². The minimum atomic E-state index is -6.61. The van der Waals surface area contributed by atoms with Crippen molar-refractivity contribution in [3.8, 4) is 0 Å². The van der Waals surface area contributed by atoms with Gasteiger partial charge in [0.1, 0.15) is 0 Å². The predicted molar refractivity (Wildman–Crippen MR) is 210 cm³/mol. The summed E-state index contributed by atoms with van der Waals surface area (Å²) in [4.78, 5) is 0. The number of hydrogen-bond acceptors (Lipinski definition) is 10. The summed E-state index contributed by atoms with van der Waals surface area (Å²) in [6.45, 7) is 5.29. The van der Waals surface area contributed by atoms with Gasteiger partial charge in [-0.15, -0.1) is 0 Å². The van der Waals surface area contributed by atoms with Crippen molar-refractivity contribution in [2.45, 2.75) is 75.1 Å². The second-order valence-corrected chi connectivity index (χ2v) is 18.6. The van der Waals surface area contributed by atoms with Crippen LogP contribution in [0.3, 0.4) is 0 Å². The zero-order valence-corrected chi connectivity index (χ0v) is 38.2. The van der Waals surface area contributed by atoms with Gasteiger partial charge in [-0.1, -0.05) is 98.3 Å². The van der Waals surface area contributed by atoms with Gasteiger partial charge in [0, 0.05) is 20.8 Å². The molecule has 0 unspecified atom stereocenters. The zero-order chi connectivity index (χ0) is 51.4. The van der Waals surface area contributed by atoms with Crippen LogP contribution in [-0.4, -0.2) is 111 Å². The molecule has 0 aromatic heterocycles. The van der Waals surface area contributed by atoms with Crippen LogP contribution in [0.25, 0.3) is 10.8 Å². The van der Waals surface area contributed by atoms with Crippen LogP contribution in [-0.2, 0) is 50.6 Å². The number of rotatable bonds is 6. The van der Waals surface area contributed by atoms with Gasteiger partial charge in [-0.25, -0.2) is 0 Å². The lowest BCUT2D eigenvalue weighted by Gasteiger charge is -2.28. The molecule has 0 aliphatic heterocycles. The van der Waals surface area contributed by atoms with Gasteiger partial charge in [0.05, 0.1) is 12.5 Å². The van der Waals surface area contributed by atoms with Crippen LogP contribution in [0.15, 0.2) is 78.9 Å². The molecular weight excluding hydrogens is 1050 g/mol. The molecule has 15 nitrogen and oxygen atoms in total. The molecule has 0 aliphatic carbocycles. The molecule has 0 saturated carbocycles. The third-order valence-electron chi connectivity index (χ3n) is 5.13. The molecule has 0 spiro atoms. The van der Waals surface area contributed by atoms with Crippen LogP contribution < -0.4 is 0 Å². The molecule has 0 bridgehead atoms. The Balaban J connectivity index is -0.0000000981. The highest BCUT2D eigenvalue weighted by molar-refractivity contribution is 7.87. The molecule has 0 aliphatic rings. The van der Waals surface area contributed by atoms with Crippen LogP contribution in [0.1, 0.15) is 40.2 Å². The van der Waals surface area contributed by atoms with E-state index in [-0.39, 0.29) is 28.0 Å². The monoisotopic (exact) mass is 1090 g/mol. The maximum atomic E-state index is 12.2. The third-order valence-corrected chi connectivity index (χ3v) is 7.94. The van der Waals surface area contributed by atoms with E-state index in [1.807, 2.05) is 32.0 Å². The number of alkyl halides is 12. The van der Waals surface area contributed by atoms with Crippen molar-refractivity contribution in [2.24, 2.45) is 0 Å². The van der Waals surface area contributed by atoms with E-state index in [2.05, 4.69) is 67.6 Å². The van der Waals surface area contributed by atoms with Crippen molar-refractivity contribution in [1.82, 2.24) is 0 Å². The molecule has 0 atom stereocenters. The van der Waals surface area contributed by atoms with Gasteiger partial charge in [0.25, 0.3) is 20.2 Å². The molecule has 35 heteroatoms. The van der Waals surface area contributed by atoms with Gasteiger partial charge in [-0.3, -0.25) is 36.9 Å². The Labute approximate surface area is 364 Å². The first kappa shape index (κ1) is 78.6. The molecule has 3 aromatic carbocycles. The molecule has 0 amide bonds. The highest BCUT2D eigenvalue weighted by Gasteiger charge is 2.75. The van der Waals surface area contributed by atoms with E-state index < -0.39 is 91.0 Å². The van der Waals surface area contributed by atoms with Gasteiger partial charge < -0.3 is 0 Å². The van der Waals surface area contributed by atoms with Gasteiger partial charge >= 0.3 is 63.9 Å². The fourth-order valence-corrected chi connectivity index (χ4v) is 3.27. The molecule has 3 rings (SSSR count). The fourth-order valence-electron chi connectivity index (χ4n) is 2.31. The van der Waals surface area contributed by atoms with E-state index in [1.165, 1.54) is 16.3 Å². The Morgan fingerprint density at radius 3 is 0.692 bits per heavy atom. The molecule has 65 heavy (non-hydrogen) atoms. The SMILES string of the molecule is CC.CC(F)(F)C(F)(F)C(F)(F)S(=O)(=O)O.CC(F)(F)C(F)(F)S(=O)(=O)O.CC(F)(F)S(=O)(=O)O.CS(=O)(=O)O.CS(=O)(=O)O.Cc1ccccc1.F.F.F.c1ccc2ccccc2c1. The lowest BCUT2D eigenvalue weighted by Crippen LogP contribution is -2.56. The largest absolute Gasteiger partial charge is 0.437 e. The van der Waals surface area contributed by atoms with Crippen molar-refractivity contribution in [3.05, 3.63) is 84.4 Å². The number of hydrogen-bond donors (Lipinski definition) is 5. The average Bonchev–Trinajstić information content (AvgIpc) is 3.03. The molecule has 5 N–H and O–H groups in total. The van der Waals surface area contributed by atoms with E-state index in [0.29, 0.717) is 12.5 Å². The van der Waals surface area contributed by atoms with Crippen LogP contribution >= 0.6 is 0 Å². The van der Waals surface area contributed by atoms with E-state index in [1.54, 1.807) is 0 Å². The van der Waals surface area contributed by atoms with Crippen LogP contribution in [0.5, 0.6) is 0 Å². The van der Waals surface area contributed by atoms with Crippen molar-refractivity contribution in [2.75, 3.05) is 12.5 Å². The topological polar surface area (TPSA) is 272 Å². The summed E-state index contributed by atoms with van der Waals surface area (Å²) in [5.41, 5.74) is 1.32. The maximum Gasteiger partial charge on any atom is 0.437 e. The van der Waals surface area contributed by atoms with E-state index >= 15 is 0 Å². The number of benzene rings is 3. The first-order valence-electron chi connectivity index (χ1n) is 15.3. The quantitative estimate of drug-likeness (QED) is 0.114. The summed E-state index contributed by atoms with van der Waals surface area (Å²) in [5.74, 6) is -16.3. The summed E-state index contributed by atoms with van der Waals surface area (Å²) in [7, 11) is -25.2. The second-order valence-electron chi connectivity index (χ2n) is 11.1. The molecule has 0 radical (unpaired) electrons. The molecule has 390 valence electrons. The number of fused-ring (bicyclic) bond motifs is 1. The molecular formula is C30H45F15O15S5.